The average molecular weight is 274 g/mol. The van der Waals surface area contributed by atoms with Gasteiger partial charge in [0.2, 0.25) is 0 Å². The summed E-state index contributed by atoms with van der Waals surface area (Å²) in [6.07, 6.45) is 2.06. The van der Waals surface area contributed by atoms with Gasteiger partial charge in [0.05, 0.1) is 10.2 Å². The zero-order valence-corrected chi connectivity index (χ0v) is 10.3. The monoisotopic (exact) mass is 273 g/mol. The maximum Gasteiger partial charge on any atom is 0.150 e. The first-order valence-electron chi connectivity index (χ1n) is 3.83. The van der Waals surface area contributed by atoms with E-state index >= 15 is 0 Å². The first-order valence-corrected chi connectivity index (χ1v) is 6.99. The van der Waals surface area contributed by atoms with E-state index in [0.717, 1.165) is 15.2 Å². The molecule has 0 saturated heterocycles. The summed E-state index contributed by atoms with van der Waals surface area (Å²) in [4.78, 5) is 4.47. The van der Waals surface area contributed by atoms with Crippen molar-refractivity contribution in [1.29, 1.82) is 0 Å². The van der Waals surface area contributed by atoms with Gasteiger partial charge in [0.15, 0.2) is 4.34 Å². The van der Waals surface area contributed by atoms with Crippen molar-refractivity contribution in [2.24, 2.45) is 0 Å². The van der Waals surface area contributed by atoms with Gasteiger partial charge in [-0.2, -0.15) is 0 Å². The number of thiazole rings is 1. The highest BCUT2D eigenvalue weighted by molar-refractivity contribution is 9.08. The van der Waals surface area contributed by atoms with Crippen molar-refractivity contribution >= 4 is 49.2 Å². The maximum atomic E-state index is 4.47. The number of nitrogens with zero attached hydrogens (tertiary/aromatic N) is 1. The van der Waals surface area contributed by atoms with Gasteiger partial charge in [-0.3, -0.25) is 0 Å². The quantitative estimate of drug-likeness (QED) is 0.608. The molecule has 0 radical (unpaired) electrons. The van der Waals surface area contributed by atoms with Gasteiger partial charge in [0.25, 0.3) is 0 Å². The van der Waals surface area contributed by atoms with Crippen LogP contribution in [0.1, 0.15) is 5.56 Å². The van der Waals surface area contributed by atoms with E-state index in [-0.39, 0.29) is 0 Å². The number of benzene rings is 1. The number of hydrogen-bond acceptors (Lipinski definition) is 3. The molecule has 0 N–H and O–H groups in total. The van der Waals surface area contributed by atoms with Crippen LogP contribution in [-0.4, -0.2) is 11.2 Å². The predicted octanol–water partition coefficient (Wildman–Crippen LogP) is 3.91. The Labute approximate surface area is 93.7 Å². The number of halogens is 1. The Morgan fingerprint density at radius 1 is 1.54 bits per heavy atom. The molecule has 0 aliphatic carbocycles. The lowest BCUT2D eigenvalue weighted by molar-refractivity contribution is 1.30. The van der Waals surface area contributed by atoms with Crippen LogP contribution < -0.4 is 0 Å². The Morgan fingerprint density at radius 3 is 3.08 bits per heavy atom. The van der Waals surface area contributed by atoms with Gasteiger partial charge in [0.1, 0.15) is 0 Å². The highest BCUT2D eigenvalue weighted by Crippen LogP contribution is 2.28. The van der Waals surface area contributed by atoms with Gasteiger partial charge >= 0.3 is 0 Å². The van der Waals surface area contributed by atoms with Gasteiger partial charge < -0.3 is 0 Å². The molecule has 68 valence electrons. The molecule has 0 aliphatic heterocycles. The summed E-state index contributed by atoms with van der Waals surface area (Å²) in [7, 11) is 0. The molecule has 13 heavy (non-hydrogen) atoms. The molecule has 0 amide bonds. The van der Waals surface area contributed by atoms with Crippen molar-refractivity contribution in [3.05, 3.63) is 23.8 Å². The Bertz CT molecular complexity index is 422. The number of hydrogen-bond donors (Lipinski definition) is 0. The number of alkyl halides is 1. The van der Waals surface area contributed by atoms with Gasteiger partial charge in [-0.05, 0) is 24.0 Å². The second-order valence-electron chi connectivity index (χ2n) is 2.62. The molecule has 0 aliphatic rings. The van der Waals surface area contributed by atoms with E-state index in [1.54, 1.807) is 23.1 Å². The van der Waals surface area contributed by atoms with Crippen LogP contribution in [-0.2, 0) is 5.33 Å². The summed E-state index contributed by atoms with van der Waals surface area (Å²) in [5.41, 5.74) is 2.42. The van der Waals surface area contributed by atoms with E-state index in [1.807, 2.05) is 0 Å². The van der Waals surface area contributed by atoms with E-state index < -0.39 is 0 Å². The normalized spacial score (nSPS) is 10.9. The summed E-state index contributed by atoms with van der Waals surface area (Å²) < 4.78 is 2.42. The van der Waals surface area contributed by atoms with Crippen LogP contribution in [0, 0.1) is 0 Å². The number of rotatable bonds is 2. The lowest BCUT2D eigenvalue weighted by atomic mass is 10.2. The Balaban J connectivity index is 2.57. The molecule has 1 aromatic carbocycles. The molecule has 0 bridgehead atoms. The molecule has 1 aromatic heterocycles. The van der Waals surface area contributed by atoms with Crippen LogP contribution >= 0.6 is 39.0 Å². The van der Waals surface area contributed by atoms with Gasteiger partial charge in [-0.25, -0.2) is 4.98 Å². The van der Waals surface area contributed by atoms with Gasteiger partial charge in [-0.1, -0.05) is 33.8 Å². The second kappa shape index (κ2) is 3.98. The first-order chi connectivity index (χ1) is 6.33. The van der Waals surface area contributed by atoms with Crippen LogP contribution in [0.5, 0.6) is 0 Å². The van der Waals surface area contributed by atoms with E-state index in [0.29, 0.717) is 0 Å². The minimum Gasteiger partial charge on any atom is -0.230 e. The van der Waals surface area contributed by atoms with Crippen LogP contribution in [0.25, 0.3) is 10.2 Å². The Hall–Kier alpha value is -0.0600. The fourth-order valence-corrected chi connectivity index (χ4v) is 3.02. The average Bonchev–Trinajstić information content (AvgIpc) is 2.58. The third kappa shape index (κ3) is 1.90. The van der Waals surface area contributed by atoms with Crippen molar-refractivity contribution < 1.29 is 0 Å². The molecular weight excluding hydrogens is 266 g/mol. The Morgan fingerprint density at radius 2 is 2.38 bits per heavy atom. The van der Waals surface area contributed by atoms with Crippen molar-refractivity contribution in [3.63, 3.8) is 0 Å². The smallest absolute Gasteiger partial charge is 0.150 e. The van der Waals surface area contributed by atoms with E-state index in [2.05, 4.69) is 45.4 Å². The van der Waals surface area contributed by atoms with Crippen LogP contribution in [0.2, 0.25) is 0 Å². The third-order valence-corrected chi connectivity index (χ3v) is 4.41. The van der Waals surface area contributed by atoms with Gasteiger partial charge in [-0.15, -0.1) is 11.3 Å². The van der Waals surface area contributed by atoms with E-state index in [1.165, 1.54) is 10.3 Å². The van der Waals surface area contributed by atoms with Crippen molar-refractivity contribution in [1.82, 2.24) is 4.98 Å². The van der Waals surface area contributed by atoms with Crippen molar-refractivity contribution in [2.75, 3.05) is 6.26 Å². The molecule has 0 fully saturated rings. The molecular formula is C9H8BrNS2. The molecule has 2 rings (SSSR count). The lowest BCUT2D eigenvalue weighted by Gasteiger charge is -1.92. The van der Waals surface area contributed by atoms with Crippen LogP contribution in [0.4, 0.5) is 0 Å². The van der Waals surface area contributed by atoms with Crippen LogP contribution in [0.3, 0.4) is 0 Å². The highest BCUT2D eigenvalue weighted by atomic mass is 79.9. The fourth-order valence-electron chi connectivity index (χ4n) is 1.12. The molecule has 0 spiro atoms. The molecule has 0 unspecified atom stereocenters. The summed E-state index contributed by atoms with van der Waals surface area (Å²) in [5.74, 6) is 0. The fraction of sp³-hybridized carbons (Fsp3) is 0.222. The zero-order valence-electron chi connectivity index (χ0n) is 7.08. The van der Waals surface area contributed by atoms with Gasteiger partial charge in [0, 0.05) is 5.33 Å². The van der Waals surface area contributed by atoms with E-state index in [9.17, 15) is 0 Å². The molecule has 0 atom stereocenters. The topological polar surface area (TPSA) is 12.9 Å². The SMILES string of the molecule is CSc1nc2ccc(CBr)cc2s1. The van der Waals surface area contributed by atoms with Crippen LogP contribution in [0.15, 0.2) is 22.5 Å². The number of fused-ring (bicyclic) bond motifs is 1. The first kappa shape index (κ1) is 9.49. The third-order valence-electron chi connectivity index (χ3n) is 1.76. The number of thioether (sulfide) groups is 1. The number of aromatic nitrogens is 1. The summed E-state index contributed by atoms with van der Waals surface area (Å²) in [5, 5.41) is 0.912. The Kier molecular flexibility index (Phi) is 2.91. The highest BCUT2D eigenvalue weighted by Gasteiger charge is 2.02. The second-order valence-corrected chi connectivity index (χ2v) is 5.26. The zero-order chi connectivity index (χ0) is 9.26. The van der Waals surface area contributed by atoms with E-state index in [4.69, 9.17) is 0 Å². The molecule has 1 nitrogen and oxygen atoms in total. The molecule has 2 aromatic rings. The summed E-state index contributed by atoms with van der Waals surface area (Å²) in [6, 6.07) is 6.39. The molecule has 4 heteroatoms. The standard InChI is InChI=1S/C9H8BrNS2/c1-12-9-11-7-3-2-6(5-10)4-8(7)13-9/h2-4H,5H2,1H3. The lowest BCUT2D eigenvalue weighted by Crippen LogP contribution is -1.74. The summed E-state index contributed by atoms with van der Waals surface area (Å²) >= 11 is 6.91. The minimum atomic E-state index is 0.912. The predicted molar refractivity (Wildman–Crippen MR) is 64.0 cm³/mol. The molecule has 1 heterocycles. The van der Waals surface area contributed by atoms with Crippen molar-refractivity contribution in [3.8, 4) is 0 Å². The molecule has 0 saturated carbocycles. The largest absolute Gasteiger partial charge is 0.230 e. The summed E-state index contributed by atoms with van der Waals surface area (Å²) in [6.45, 7) is 0. The minimum absolute atomic E-state index is 0.912. The maximum absolute atomic E-state index is 4.47. The van der Waals surface area contributed by atoms with Crippen molar-refractivity contribution in [2.45, 2.75) is 9.67 Å².